The summed E-state index contributed by atoms with van der Waals surface area (Å²) >= 11 is 0. The molecule has 0 fully saturated rings. The van der Waals surface area contributed by atoms with E-state index in [4.69, 9.17) is 0 Å². The van der Waals surface area contributed by atoms with Gasteiger partial charge in [-0.05, 0) is 5.56 Å². The molecule has 4 N–H and O–H groups in total. The number of fused-ring (bicyclic) bond motifs is 1. The van der Waals surface area contributed by atoms with Gasteiger partial charge in [0.05, 0.1) is 28.9 Å². The van der Waals surface area contributed by atoms with Crippen molar-refractivity contribution in [3.63, 3.8) is 0 Å². The zero-order valence-corrected chi connectivity index (χ0v) is 14.5. The molecule has 1 aromatic carbocycles. The van der Waals surface area contributed by atoms with Gasteiger partial charge in [0.2, 0.25) is 15.9 Å². The van der Waals surface area contributed by atoms with Crippen LogP contribution in [0.3, 0.4) is 0 Å². The van der Waals surface area contributed by atoms with Crippen LogP contribution in [0.5, 0.6) is 0 Å². The lowest BCUT2D eigenvalue weighted by Gasteiger charge is -2.28. The Labute approximate surface area is 148 Å². The summed E-state index contributed by atoms with van der Waals surface area (Å²) in [6.07, 6.45) is 4.40. The smallest absolute Gasteiger partial charge is 0.271 e. The van der Waals surface area contributed by atoms with E-state index in [0.717, 1.165) is 11.9 Å². The SMILES string of the molecule is CS(=O)(=O)NCc1cc([N+](=O)[O-])cc2c1NC(Cc1cnc[nH]1)C(=O)N2. The second kappa shape index (κ2) is 6.72. The van der Waals surface area contributed by atoms with Crippen molar-refractivity contribution < 1.29 is 18.1 Å². The van der Waals surface area contributed by atoms with Crippen LogP contribution in [0.4, 0.5) is 17.1 Å². The number of aromatic nitrogens is 2. The summed E-state index contributed by atoms with van der Waals surface area (Å²) in [5, 5.41) is 16.8. The Kier molecular flexibility index (Phi) is 4.61. The summed E-state index contributed by atoms with van der Waals surface area (Å²) in [7, 11) is -3.50. The Morgan fingerprint density at radius 2 is 2.15 bits per heavy atom. The van der Waals surface area contributed by atoms with E-state index in [1.165, 1.54) is 18.5 Å². The molecular weight excluding hydrogens is 364 g/mol. The minimum Gasteiger partial charge on any atom is -0.371 e. The van der Waals surface area contributed by atoms with Crippen LogP contribution in [0.2, 0.25) is 0 Å². The van der Waals surface area contributed by atoms with Crippen molar-refractivity contribution >= 4 is 33.0 Å². The number of H-pyrrole nitrogens is 1. The van der Waals surface area contributed by atoms with Crippen molar-refractivity contribution in [3.05, 3.63) is 46.0 Å². The highest BCUT2D eigenvalue weighted by molar-refractivity contribution is 7.88. The first-order valence-corrected chi connectivity index (χ1v) is 9.42. The zero-order valence-electron chi connectivity index (χ0n) is 13.6. The van der Waals surface area contributed by atoms with E-state index in [1.807, 2.05) is 0 Å². The summed E-state index contributed by atoms with van der Waals surface area (Å²) in [5.74, 6) is -0.352. The van der Waals surface area contributed by atoms with Crippen LogP contribution in [0.15, 0.2) is 24.7 Å². The van der Waals surface area contributed by atoms with Gasteiger partial charge in [0.15, 0.2) is 0 Å². The maximum Gasteiger partial charge on any atom is 0.271 e. The molecule has 0 radical (unpaired) electrons. The fraction of sp³-hybridized carbons (Fsp3) is 0.286. The number of aromatic amines is 1. The van der Waals surface area contributed by atoms with Crippen molar-refractivity contribution in [2.75, 3.05) is 16.9 Å². The summed E-state index contributed by atoms with van der Waals surface area (Å²) in [6.45, 7) is -0.150. The van der Waals surface area contributed by atoms with Gasteiger partial charge in [0.1, 0.15) is 6.04 Å². The first-order chi connectivity index (χ1) is 12.2. The number of nitrogens with one attached hydrogen (secondary N) is 4. The molecule has 1 aliphatic heterocycles. The first kappa shape index (κ1) is 17.8. The number of nitro benzene ring substituents is 1. The Morgan fingerprint density at radius 1 is 1.38 bits per heavy atom. The van der Waals surface area contributed by atoms with Gasteiger partial charge in [-0.1, -0.05) is 0 Å². The Hall–Kier alpha value is -2.99. The number of sulfonamides is 1. The fourth-order valence-electron chi connectivity index (χ4n) is 2.63. The molecular formula is C14H16N6O5S. The molecule has 2 aromatic rings. The Balaban J connectivity index is 1.95. The van der Waals surface area contributed by atoms with Crippen LogP contribution in [-0.4, -0.2) is 41.5 Å². The number of non-ortho nitro benzene ring substituents is 1. The van der Waals surface area contributed by atoms with Gasteiger partial charge in [0, 0.05) is 37.0 Å². The lowest BCUT2D eigenvalue weighted by molar-refractivity contribution is -0.384. The largest absolute Gasteiger partial charge is 0.371 e. The van der Waals surface area contributed by atoms with Crippen LogP contribution in [0.1, 0.15) is 11.3 Å². The van der Waals surface area contributed by atoms with Gasteiger partial charge in [-0.3, -0.25) is 14.9 Å². The number of rotatable bonds is 6. The third kappa shape index (κ3) is 3.97. The average Bonchev–Trinajstić information content (AvgIpc) is 3.05. The number of benzene rings is 1. The number of hydrogen-bond acceptors (Lipinski definition) is 7. The molecule has 1 aliphatic rings. The van der Waals surface area contributed by atoms with Gasteiger partial charge < -0.3 is 15.6 Å². The predicted molar refractivity (Wildman–Crippen MR) is 93.1 cm³/mol. The van der Waals surface area contributed by atoms with Crippen LogP contribution in [0.25, 0.3) is 0 Å². The lowest BCUT2D eigenvalue weighted by Crippen LogP contribution is -2.41. The van der Waals surface area contributed by atoms with Crippen LogP contribution in [-0.2, 0) is 27.8 Å². The van der Waals surface area contributed by atoms with Crippen molar-refractivity contribution in [3.8, 4) is 0 Å². The topological polar surface area (TPSA) is 159 Å². The number of amides is 1. The van der Waals surface area contributed by atoms with E-state index in [9.17, 15) is 23.3 Å². The third-order valence-electron chi connectivity index (χ3n) is 3.81. The van der Waals surface area contributed by atoms with Crippen molar-refractivity contribution in [1.29, 1.82) is 0 Å². The van der Waals surface area contributed by atoms with Gasteiger partial charge in [-0.15, -0.1) is 0 Å². The van der Waals surface area contributed by atoms with E-state index >= 15 is 0 Å². The first-order valence-electron chi connectivity index (χ1n) is 7.53. The van der Waals surface area contributed by atoms with Crippen molar-refractivity contribution in [2.45, 2.75) is 19.0 Å². The van der Waals surface area contributed by atoms with E-state index in [1.54, 1.807) is 6.20 Å². The minimum atomic E-state index is -3.50. The molecule has 11 nitrogen and oxygen atoms in total. The molecule has 1 amide bonds. The second-order valence-electron chi connectivity index (χ2n) is 5.84. The summed E-state index contributed by atoms with van der Waals surface area (Å²) in [4.78, 5) is 29.6. The van der Waals surface area contributed by atoms with E-state index < -0.39 is 21.0 Å². The second-order valence-corrected chi connectivity index (χ2v) is 7.68. The molecule has 3 rings (SSSR count). The number of hydrogen-bond donors (Lipinski definition) is 4. The van der Waals surface area contributed by atoms with E-state index in [-0.39, 0.29) is 23.8 Å². The number of carbonyl (C=O) groups is 1. The summed E-state index contributed by atoms with van der Waals surface area (Å²) in [5.41, 5.74) is 1.52. The number of nitrogens with zero attached hydrogens (tertiary/aromatic N) is 2. The standard InChI is InChI=1S/C14H16N6O5S/c1-26(24,25)17-5-8-2-10(20(22)23)4-11-13(8)18-12(14(21)19-11)3-9-6-15-7-16-9/h2,4,6-7,12,17-18H,3,5H2,1H3,(H,15,16)(H,19,21). The molecule has 0 aliphatic carbocycles. The number of imidazole rings is 1. The normalized spacial score (nSPS) is 16.5. The highest BCUT2D eigenvalue weighted by atomic mass is 32.2. The molecule has 12 heteroatoms. The van der Waals surface area contributed by atoms with Crippen molar-refractivity contribution in [1.82, 2.24) is 14.7 Å². The van der Waals surface area contributed by atoms with Gasteiger partial charge in [-0.25, -0.2) is 18.1 Å². The third-order valence-corrected chi connectivity index (χ3v) is 4.48. The molecule has 0 bridgehead atoms. The molecule has 0 saturated carbocycles. The minimum absolute atomic E-state index is 0.150. The molecule has 0 saturated heterocycles. The zero-order chi connectivity index (χ0) is 18.9. The molecule has 1 unspecified atom stereocenters. The molecule has 1 aromatic heterocycles. The van der Waals surface area contributed by atoms with Gasteiger partial charge in [-0.2, -0.15) is 0 Å². The predicted octanol–water partition coefficient (Wildman–Crippen LogP) is 0.342. The van der Waals surface area contributed by atoms with Crippen LogP contribution < -0.4 is 15.4 Å². The highest BCUT2D eigenvalue weighted by Gasteiger charge is 2.29. The van der Waals surface area contributed by atoms with Crippen LogP contribution >= 0.6 is 0 Å². The quantitative estimate of drug-likeness (QED) is 0.415. The molecule has 26 heavy (non-hydrogen) atoms. The maximum absolute atomic E-state index is 12.3. The molecule has 2 heterocycles. The highest BCUT2D eigenvalue weighted by Crippen LogP contribution is 2.35. The van der Waals surface area contributed by atoms with E-state index in [0.29, 0.717) is 17.7 Å². The van der Waals surface area contributed by atoms with E-state index in [2.05, 4.69) is 25.3 Å². The molecule has 1 atom stereocenters. The maximum atomic E-state index is 12.3. The Morgan fingerprint density at radius 3 is 2.77 bits per heavy atom. The number of carbonyl (C=O) groups excluding carboxylic acids is 1. The average molecular weight is 380 g/mol. The number of nitro groups is 1. The number of anilines is 2. The monoisotopic (exact) mass is 380 g/mol. The van der Waals surface area contributed by atoms with Gasteiger partial charge >= 0.3 is 0 Å². The molecule has 138 valence electrons. The lowest BCUT2D eigenvalue weighted by atomic mass is 10.0. The summed E-state index contributed by atoms with van der Waals surface area (Å²) < 4.78 is 25.1. The molecule has 0 spiro atoms. The fourth-order valence-corrected chi connectivity index (χ4v) is 3.05. The Bertz CT molecular complexity index is 956. The van der Waals surface area contributed by atoms with Gasteiger partial charge in [0.25, 0.3) is 5.69 Å². The summed E-state index contributed by atoms with van der Waals surface area (Å²) in [6, 6.07) is 1.87. The van der Waals surface area contributed by atoms with Crippen molar-refractivity contribution in [2.24, 2.45) is 0 Å². The van der Waals surface area contributed by atoms with Crippen LogP contribution in [0, 0.1) is 10.1 Å².